The number of hydrogen-bond acceptors (Lipinski definition) is 2. The minimum absolute atomic E-state index is 0.207. The minimum Gasteiger partial charge on any atom is -0.479 e. The van der Waals surface area contributed by atoms with Gasteiger partial charge in [0.25, 0.3) is 0 Å². The van der Waals surface area contributed by atoms with Crippen LogP contribution in [0.15, 0.2) is 24.3 Å². The maximum atomic E-state index is 12.9. The predicted molar refractivity (Wildman–Crippen MR) is 68.1 cm³/mol. The maximum absolute atomic E-state index is 12.9. The fourth-order valence-corrected chi connectivity index (χ4v) is 2.08. The van der Waals surface area contributed by atoms with Crippen molar-refractivity contribution in [1.29, 1.82) is 0 Å². The number of hydrogen-bond donors (Lipinski definition) is 2. The molecule has 0 saturated heterocycles. The molecule has 0 bridgehead atoms. The lowest BCUT2D eigenvalue weighted by Gasteiger charge is -2.30. The van der Waals surface area contributed by atoms with Crippen molar-refractivity contribution in [3.8, 4) is 0 Å². The van der Waals surface area contributed by atoms with E-state index in [9.17, 15) is 22.8 Å². The molecule has 2 amide bonds. The Morgan fingerprint density at radius 3 is 2.48 bits per heavy atom. The third kappa shape index (κ3) is 2.53. The van der Waals surface area contributed by atoms with Crippen LogP contribution in [0, 0.1) is 0 Å². The second-order valence-electron chi connectivity index (χ2n) is 4.89. The molecule has 8 heteroatoms. The van der Waals surface area contributed by atoms with Gasteiger partial charge in [-0.25, -0.2) is 9.59 Å². The lowest BCUT2D eigenvalue weighted by atomic mass is 10.0. The first-order valence-electron chi connectivity index (χ1n) is 6.14. The van der Waals surface area contributed by atoms with E-state index in [0.717, 1.165) is 10.5 Å². The van der Waals surface area contributed by atoms with Crippen molar-refractivity contribution in [1.82, 2.24) is 5.32 Å². The number of carbonyl (C=O) groups excluding carboxylic acids is 1. The van der Waals surface area contributed by atoms with Crippen LogP contribution in [0.3, 0.4) is 0 Å². The number of amides is 2. The van der Waals surface area contributed by atoms with Crippen LogP contribution in [-0.4, -0.2) is 35.4 Å². The number of nitrogens with one attached hydrogen (secondary N) is 1. The van der Waals surface area contributed by atoms with E-state index >= 15 is 0 Å². The molecule has 2 rings (SSSR count). The van der Waals surface area contributed by atoms with Crippen LogP contribution in [-0.2, 0) is 11.2 Å². The summed E-state index contributed by atoms with van der Waals surface area (Å²) in [5, 5.41) is 10.4. The Hall–Kier alpha value is -2.25. The molecule has 0 saturated carbocycles. The molecule has 0 aliphatic carbocycles. The van der Waals surface area contributed by atoms with Crippen LogP contribution >= 0.6 is 0 Å². The van der Waals surface area contributed by atoms with Crippen molar-refractivity contribution in [2.75, 3.05) is 11.4 Å². The van der Waals surface area contributed by atoms with E-state index in [1.54, 1.807) is 29.6 Å². The summed E-state index contributed by atoms with van der Waals surface area (Å²) in [6, 6.07) is 5.71. The van der Waals surface area contributed by atoms with E-state index in [2.05, 4.69) is 0 Å². The average molecular weight is 302 g/mol. The van der Waals surface area contributed by atoms with Gasteiger partial charge in [-0.2, -0.15) is 13.2 Å². The van der Waals surface area contributed by atoms with Crippen LogP contribution in [0.4, 0.5) is 23.7 Å². The summed E-state index contributed by atoms with van der Waals surface area (Å²) < 4.78 is 38.7. The van der Waals surface area contributed by atoms with E-state index in [0.29, 0.717) is 19.0 Å². The van der Waals surface area contributed by atoms with E-state index in [4.69, 9.17) is 5.11 Å². The molecule has 0 spiro atoms. The van der Waals surface area contributed by atoms with Crippen molar-refractivity contribution in [2.24, 2.45) is 0 Å². The molecule has 5 nitrogen and oxygen atoms in total. The maximum Gasteiger partial charge on any atom is 0.422 e. The zero-order valence-corrected chi connectivity index (χ0v) is 11.1. The lowest BCUT2D eigenvalue weighted by molar-refractivity contribution is -0.203. The smallest absolute Gasteiger partial charge is 0.422 e. The number of carboxylic acid groups (broad SMARTS) is 1. The number of aliphatic carboxylic acids is 1. The van der Waals surface area contributed by atoms with Crippen LogP contribution in [0.2, 0.25) is 0 Å². The van der Waals surface area contributed by atoms with Gasteiger partial charge >= 0.3 is 18.2 Å². The molecular weight excluding hydrogens is 289 g/mol. The summed E-state index contributed by atoms with van der Waals surface area (Å²) in [5.74, 6) is -2.16. The van der Waals surface area contributed by atoms with Crippen molar-refractivity contribution in [3.05, 3.63) is 29.8 Å². The number of alkyl halides is 3. The number of benzene rings is 1. The van der Waals surface area contributed by atoms with Gasteiger partial charge in [-0.05, 0) is 25.0 Å². The molecule has 0 fully saturated rings. The Kier molecular flexibility index (Phi) is 3.56. The summed E-state index contributed by atoms with van der Waals surface area (Å²) >= 11 is 0. The van der Waals surface area contributed by atoms with Gasteiger partial charge in [0, 0.05) is 12.2 Å². The van der Waals surface area contributed by atoms with Crippen LogP contribution in [0.1, 0.15) is 12.5 Å². The summed E-state index contributed by atoms with van der Waals surface area (Å²) in [6.07, 6.45) is -4.59. The van der Waals surface area contributed by atoms with Gasteiger partial charge in [0.15, 0.2) is 0 Å². The highest BCUT2D eigenvalue weighted by Gasteiger charge is 2.59. The average Bonchev–Trinajstić information content (AvgIpc) is 2.80. The van der Waals surface area contributed by atoms with E-state index < -0.39 is 23.7 Å². The van der Waals surface area contributed by atoms with Gasteiger partial charge in [-0.15, -0.1) is 0 Å². The SMILES string of the molecule is CC(NC(=O)N1CCc2ccccc21)(C(=O)O)C(F)(F)F. The number of carboxylic acids is 1. The Balaban J connectivity index is 2.24. The first-order chi connectivity index (χ1) is 9.67. The summed E-state index contributed by atoms with van der Waals surface area (Å²) in [6.45, 7) is 0.633. The Bertz CT molecular complexity index is 588. The highest BCUT2D eigenvalue weighted by Crippen LogP contribution is 2.32. The number of halogens is 3. The molecule has 1 aromatic carbocycles. The first kappa shape index (κ1) is 15.1. The molecule has 1 aliphatic rings. The van der Waals surface area contributed by atoms with Crippen LogP contribution in [0.25, 0.3) is 0 Å². The second kappa shape index (κ2) is 4.94. The third-order valence-corrected chi connectivity index (χ3v) is 3.48. The number of carbonyl (C=O) groups is 2. The monoisotopic (exact) mass is 302 g/mol. The fourth-order valence-electron chi connectivity index (χ4n) is 2.08. The van der Waals surface area contributed by atoms with E-state index in [1.165, 1.54) is 0 Å². The Labute approximate surface area is 118 Å². The topological polar surface area (TPSA) is 69.6 Å². The fraction of sp³-hybridized carbons (Fsp3) is 0.385. The van der Waals surface area contributed by atoms with Crippen molar-refractivity contribution < 1.29 is 27.9 Å². The van der Waals surface area contributed by atoms with E-state index in [1.807, 2.05) is 0 Å². The molecule has 0 radical (unpaired) electrons. The molecule has 114 valence electrons. The van der Waals surface area contributed by atoms with Gasteiger partial charge in [0.05, 0.1) is 0 Å². The number of para-hydroxylation sites is 1. The van der Waals surface area contributed by atoms with Crippen LogP contribution in [0.5, 0.6) is 0 Å². The number of anilines is 1. The highest BCUT2D eigenvalue weighted by atomic mass is 19.4. The Morgan fingerprint density at radius 1 is 1.29 bits per heavy atom. The second-order valence-corrected chi connectivity index (χ2v) is 4.89. The van der Waals surface area contributed by atoms with E-state index in [-0.39, 0.29) is 6.54 Å². The Morgan fingerprint density at radius 2 is 1.90 bits per heavy atom. The molecule has 1 atom stereocenters. The summed E-state index contributed by atoms with van der Waals surface area (Å²) in [7, 11) is 0. The van der Waals surface area contributed by atoms with Crippen LogP contribution < -0.4 is 10.2 Å². The molecular formula is C13H13F3N2O3. The molecule has 1 aromatic rings. The molecule has 0 aromatic heterocycles. The van der Waals surface area contributed by atoms with Crippen molar-refractivity contribution >= 4 is 17.7 Å². The minimum atomic E-state index is -5.10. The quantitative estimate of drug-likeness (QED) is 0.879. The summed E-state index contributed by atoms with van der Waals surface area (Å²) in [5.41, 5.74) is -2.01. The molecule has 1 heterocycles. The summed E-state index contributed by atoms with van der Waals surface area (Å²) in [4.78, 5) is 24.1. The number of fused-ring (bicyclic) bond motifs is 1. The van der Waals surface area contributed by atoms with Gasteiger partial charge in [0.1, 0.15) is 0 Å². The lowest BCUT2D eigenvalue weighted by Crippen LogP contribution is -2.64. The van der Waals surface area contributed by atoms with Gasteiger partial charge in [0.2, 0.25) is 5.54 Å². The molecule has 2 N–H and O–H groups in total. The van der Waals surface area contributed by atoms with Crippen molar-refractivity contribution in [3.63, 3.8) is 0 Å². The highest BCUT2D eigenvalue weighted by molar-refractivity contribution is 5.97. The number of urea groups is 1. The third-order valence-electron chi connectivity index (χ3n) is 3.48. The number of nitrogens with zero attached hydrogens (tertiary/aromatic N) is 1. The molecule has 21 heavy (non-hydrogen) atoms. The van der Waals surface area contributed by atoms with Crippen molar-refractivity contribution in [2.45, 2.75) is 25.1 Å². The first-order valence-corrected chi connectivity index (χ1v) is 6.14. The zero-order chi connectivity index (χ0) is 15.8. The normalized spacial score (nSPS) is 17.0. The zero-order valence-electron chi connectivity index (χ0n) is 11.1. The number of rotatable bonds is 2. The predicted octanol–water partition coefficient (Wildman–Crippen LogP) is 2.16. The van der Waals surface area contributed by atoms with Gasteiger partial charge in [-0.3, -0.25) is 4.90 Å². The molecule has 1 unspecified atom stereocenters. The van der Waals surface area contributed by atoms with Gasteiger partial charge < -0.3 is 10.4 Å². The standard InChI is InChI=1S/C13H13F3N2O3/c1-12(10(19)20,13(14,15)16)17-11(21)18-7-6-8-4-2-3-5-9(8)18/h2-5H,6-7H2,1H3,(H,17,21)(H,19,20). The largest absolute Gasteiger partial charge is 0.479 e. The van der Waals surface area contributed by atoms with Gasteiger partial charge in [-0.1, -0.05) is 18.2 Å². The molecule has 1 aliphatic heterocycles.